The molecular formula is C22H28ClNO3Si2. The number of carbonyl (C=O) groups excluding carboxylic acids is 1. The van der Waals surface area contributed by atoms with Gasteiger partial charge >= 0.3 is 5.97 Å². The van der Waals surface area contributed by atoms with Crippen molar-refractivity contribution in [2.24, 2.45) is 0 Å². The van der Waals surface area contributed by atoms with E-state index in [1.165, 1.54) is 16.4 Å². The lowest BCUT2D eigenvalue weighted by atomic mass is 10.1. The zero-order valence-electron chi connectivity index (χ0n) is 17.8. The van der Waals surface area contributed by atoms with E-state index in [9.17, 15) is 9.59 Å². The molecule has 0 fully saturated rings. The standard InChI is InChI=1S/C22H28ClNO3Si2/c1-28(2,3)18-11-16(12-19(14-18)29(4,5)6)22(27)24-17-9-7-15(20(23)13-17)8-10-21(25)26/h7-14H,1-6H3,(H,24,27)(H,25,26). The van der Waals surface area contributed by atoms with E-state index in [4.69, 9.17) is 16.7 Å². The highest BCUT2D eigenvalue weighted by Gasteiger charge is 2.24. The third-order valence-electron chi connectivity index (χ3n) is 4.59. The molecule has 0 radical (unpaired) electrons. The Morgan fingerprint density at radius 3 is 1.93 bits per heavy atom. The smallest absolute Gasteiger partial charge is 0.328 e. The Balaban J connectivity index is 2.35. The highest BCUT2D eigenvalue weighted by molar-refractivity contribution is 6.91. The van der Waals surface area contributed by atoms with Crippen molar-refractivity contribution < 1.29 is 14.7 Å². The first-order valence-corrected chi connectivity index (χ1v) is 16.8. The van der Waals surface area contributed by atoms with Gasteiger partial charge in [-0.2, -0.15) is 0 Å². The second-order valence-corrected chi connectivity index (χ2v) is 19.7. The number of rotatable bonds is 6. The summed E-state index contributed by atoms with van der Waals surface area (Å²) in [6.07, 6.45) is 2.45. The Bertz CT molecular complexity index is 941. The molecule has 2 rings (SSSR count). The Labute approximate surface area is 179 Å². The predicted octanol–water partition coefficient (Wildman–Crippen LogP) is 4.78. The fraction of sp³-hybridized carbons (Fsp3) is 0.273. The monoisotopic (exact) mass is 445 g/mol. The van der Waals surface area contributed by atoms with Gasteiger partial charge in [-0.25, -0.2) is 4.79 Å². The number of aliphatic carboxylic acids is 1. The molecule has 0 aliphatic rings. The van der Waals surface area contributed by atoms with Gasteiger partial charge in [0.25, 0.3) is 5.91 Å². The van der Waals surface area contributed by atoms with E-state index in [1.54, 1.807) is 18.2 Å². The minimum atomic E-state index is -1.58. The van der Waals surface area contributed by atoms with E-state index in [1.807, 2.05) is 12.1 Å². The van der Waals surface area contributed by atoms with Crippen LogP contribution in [-0.2, 0) is 4.79 Å². The number of hydrogen-bond donors (Lipinski definition) is 2. The molecule has 0 atom stereocenters. The maximum Gasteiger partial charge on any atom is 0.328 e. The van der Waals surface area contributed by atoms with Gasteiger partial charge in [-0.05, 0) is 23.8 Å². The number of anilines is 1. The molecule has 0 spiro atoms. The average molecular weight is 446 g/mol. The van der Waals surface area contributed by atoms with Crippen LogP contribution >= 0.6 is 11.6 Å². The van der Waals surface area contributed by atoms with Crippen molar-refractivity contribution in [3.8, 4) is 0 Å². The van der Waals surface area contributed by atoms with Gasteiger partial charge in [0, 0.05) is 22.3 Å². The average Bonchev–Trinajstić information content (AvgIpc) is 2.59. The second kappa shape index (κ2) is 8.69. The first kappa shape index (κ1) is 23.1. The van der Waals surface area contributed by atoms with Crippen LogP contribution in [0, 0.1) is 0 Å². The number of amides is 1. The van der Waals surface area contributed by atoms with Gasteiger partial charge in [0.05, 0.1) is 16.1 Å². The molecule has 0 heterocycles. The van der Waals surface area contributed by atoms with Crippen LogP contribution in [0.25, 0.3) is 6.08 Å². The van der Waals surface area contributed by atoms with Gasteiger partial charge in [0.2, 0.25) is 0 Å². The van der Waals surface area contributed by atoms with E-state index in [0.717, 1.165) is 6.08 Å². The maximum absolute atomic E-state index is 13.0. The Hall–Kier alpha value is -2.16. The van der Waals surface area contributed by atoms with Crippen LogP contribution in [0.3, 0.4) is 0 Å². The maximum atomic E-state index is 13.0. The van der Waals surface area contributed by atoms with Crippen LogP contribution in [0.4, 0.5) is 5.69 Å². The molecule has 2 N–H and O–H groups in total. The lowest BCUT2D eigenvalue weighted by Gasteiger charge is -2.24. The number of hydrogen-bond acceptors (Lipinski definition) is 2. The molecule has 7 heteroatoms. The second-order valence-electron chi connectivity index (χ2n) is 9.16. The SMILES string of the molecule is C[Si](C)(C)c1cc(C(=O)Nc2ccc(C=CC(=O)O)c(Cl)c2)cc([Si](C)(C)C)c1. The molecule has 0 saturated carbocycles. The van der Waals surface area contributed by atoms with Crippen molar-refractivity contribution in [2.75, 3.05) is 5.32 Å². The fourth-order valence-corrected chi connectivity index (χ4v) is 5.47. The van der Waals surface area contributed by atoms with Gasteiger partial charge in [-0.1, -0.05) is 85.5 Å². The van der Waals surface area contributed by atoms with Crippen molar-refractivity contribution in [1.29, 1.82) is 0 Å². The van der Waals surface area contributed by atoms with Crippen LogP contribution in [0.1, 0.15) is 15.9 Å². The third kappa shape index (κ3) is 6.42. The first-order chi connectivity index (χ1) is 13.3. The van der Waals surface area contributed by atoms with Crippen molar-refractivity contribution in [3.63, 3.8) is 0 Å². The van der Waals surface area contributed by atoms with Crippen LogP contribution in [0.5, 0.6) is 0 Å². The predicted molar refractivity (Wildman–Crippen MR) is 128 cm³/mol. The summed E-state index contributed by atoms with van der Waals surface area (Å²) >= 11 is 6.23. The van der Waals surface area contributed by atoms with Crippen molar-refractivity contribution in [3.05, 3.63) is 58.6 Å². The largest absolute Gasteiger partial charge is 0.478 e. The van der Waals surface area contributed by atoms with Crippen molar-refractivity contribution in [2.45, 2.75) is 39.3 Å². The zero-order valence-corrected chi connectivity index (χ0v) is 20.5. The van der Waals surface area contributed by atoms with E-state index in [0.29, 0.717) is 21.8 Å². The molecule has 2 aromatic rings. The summed E-state index contributed by atoms with van der Waals surface area (Å²) in [5.41, 5.74) is 1.81. The molecule has 2 aromatic carbocycles. The number of halogens is 1. The van der Waals surface area contributed by atoms with Crippen molar-refractivity contribution >= 4 is 61.8 Å². The number of carboxylic acids is 1. The van der Waals surface area contributed by atoms with Gasteiger partial charge in [-0.15, -0.1) is 0 Å². The van der Waals surface area contributed by atoms with Crippen molar-refractivity contribution in [1.82, 2.24) is 0 Å². The quantitative estimate of drug-likeness (QED) is 0.496. The Morgan fingerprint density at radius 2 is 1.48 bits per heavy atom. The summed E-state index contributed by atoms with van der Waals surface area (Å²) in [5.74, 6) is -1.21. The normalized spacial score (nSPS) is 12.2. The number of nitrogens with one attached hydrogen (secondary N) is 1. The minimum Gasteiger partial charge on any atom is -0.478 e. The van der Waals surface area contributed by atoms with Crippen LogP contribution in [0.2, 0.25) is 44.3 Å². The lowest BCUT2D eigenvalue weighted by molar-refractivity contribution is -0.131. The van der Waals surface area contributed by atoms with Gasteiger partial charge in [0.1, 0.15) is 0 Å². The van der Waals surface area contributed by atoms with E-state index >= 15 is 0 Å². The summed E-state index contributed by atoms with van der Waals surface area (Å²) in [4.78, 5) is 23.6. The summed E-state index contributed by atoms with van der Waals surface area (Å²) in [6.45, 7) is 13.7. The van der Waals surface area contributed by atoms with Crippen LogP contribution in [-0.4, -0.2) is 33.1 Å². The molecule has 154 valence electrons. The Kier molecular flexibility index (Phi) is 6.93. The van der Waals surface area contributed by atoms with Gasteiger partial charge < -0.3 is 10.4 Å². The summed E-state index contributed by atoms with van der Waals surface area (Å²) < 4.78 is 0. The molecule has 0 unspecified atom stereocenters. The minimum absolute atomic E-state index is 0.172. The summed E-state index contributed by atoms with van der Waals surface area (Å²) in [6, 6.07) is 11.3. The van der Waals surface area contributed by atoms with Gasteiger partial charge in [-0.3, -0.25) is 4.79 Å². The molecular weight excluding hydrogens is 418 g/mol. The number of carboxylic acid groups (broad SMARTS) is 1. The van der Waals surface area contributed by atoms with Crippen LogP contribution in [0.15, 0.2) is 42.5 Å². The highest BCUT2D eigenvalue weighted by Crippen LogP contribution is 2.23. The molecule has 0 aromatic heterocycles. The summed E-state index contributed by atoms with van der Waals surface area (Å²) in [5, 5.41) is 14.6. The first-order valence-electron chi connectivity index (χ1n) is 9.45. The Morgan fingerprint density at radius 1 is 0.931 bits per heavy atom. The number of benzene rings is 2. The molecule has 0 bridgehead atoms. The highest BCUT2D eigenvalue weighted by atomic mass is 35.5. The molecule has 4 nitrogen and oxygen atoms in total. The van der Waals surface area contributed by atoms with E-state index in [2.05, 4.69) is 50.7 Å². The number of carbonyl (C=O) groups is 2. The lowest BCUT2D eigenvalue weighted by Crippen LogP contribution is -2.46. The van der Waals surface area contributed by atoms with Gasteiger partial charge in [0.15, 0.2) is 0 Å². The third-order valence-corrected chi connectivity index (χ3v) is 8.96. The van der Waals surface area contributed by atoms with E-state index in [-0.39, 0.29) is 5.91 Å². The van der Waals surface area contributed by atoms with E-state index < -0.39 is 22.1 Å². The molecule has 29 heavy (non-hydrogen) atoms. The molecule has 0 saturated heterocycles. The molecule has 1 amide bonds. The molecule has 0 aliphatic carbocycles. The zero-order chi connectivity index (χ0) is 22.0. The topological polar surface area (TPSA) is 66.4 Å². The molecule has 0 aliphatic heterocycles. The fourth-order valence-electron chi connectivity index (χ4n) is 2.73. The summed E-state index contributed by atoms with van der Waals surface area (Å²) in [7, 11) is -3.16. The van der Waals surface area contributed by atoms with Crippen LogP contribution < -0.4 is 15.7 Å².